The van der Waals surface area contributed by atoms with Crippen molar-refractivity contribution in [1.29, 1.82) is 0 Å². The normalized spacial score (nSPS) is 16.1. The molecule has 0 aliphatic carbocycles. The van der Waals surface area contributed by atoms with Crippen LogP contribution in [0, 0.1) is 0 Å². The zero-order valence-corrected chi connectivity index (χ0v) is 16.8. The van der Waals surface area contributed by atoms with Crippen molar-refractivity contribution in [1.82, 2.24) is 30.0 Å². The summed E-state index contributed by atoms with van der Waals surface area (Å²) in [6.07, 6.45) is 8.00. The number of carbonyl (C=O) groups excluding carboxylic acids is 1. The van der Waals surface area contributed by atoms with Crippen molar-refractivity contribution in [2.75, 3.05) is 37.0 Å². The number of aromatic nitrogens is 5. The molecule has 0 saturated carbocycles. The standard InChI is InChI=1S/C20H24N8O/c1-26(2)18-16(5-4-8-21-18)19(29)24-15-7-10-28(13-15)20-22-9-6-17(25-20)14-11-23-27(3)12-14/h4-6,8-9,11-12,15H,7,10,13H2,1-3H3,(H,24,29). The quantitative estimate of drug-likeness (QED) is 0.701. The number of anilines is 2. The molecular weight excluding hydrogens is 368 g/mol. The summed E-state index contributed by atoms with van der Waals surface area (Å²) in [6.45, 7) is 1.45. The third kappa shape index (κ3) is 4.03. The molecule has 4 heterocycles. The van der Waals surface area contributed by atoms with Crippen molar-refractivity contribution in [3.05, 3.63) is 48.5 Å². The van der Waals surface area contributed by atoms with Crippen molar-refractivity contribution < 1.29 is 4.79 Å². The summed E-state index contributed by atoms with van der Waals surface area (Å²) in [5, 5.41) is 7.32. The molecule has 1 aliphatic heterocycles. The number of hydrogen-bond donors (Lipinski definition) is 1. The first-order valence-corrected chi connectivity index (χ1v) is 9.51. The van der Waals surface area contributed by atoms with Gasteiger partial charge >= 0.3 is 0 Å². The van der Waals surface area contributed by atoms with Crippen LogP contribution in [0.1, 0.15) is 16.8 Å². The zero-order valence-electron chi connectivity index (χ0n) is 16.8. The van der Waals surface area contributed by atoms with Crippen LogP contribution < -0.4 is 15.1 Å². The number of carbonyl (C=O) groups is 1. The lowest BCUT2D eigenvalue weighted by molar-refractivity contribution is 0.0940. The molecule has 0 spiro atoms. The van der Waals surface area contributed by atoms with Gasteiger partial charge in [-0.25, -0.2) is 15.0 Å². The first-order valence-electron chi connectivity index (χ1n) is 9.51. The van der Waals surface area contributed by atoms with Crippen LogP contribution in [0.3, 0.4) is 0 Å². The molecule has 0 bridgehead atoms. The van der Waals surface area contributed by atoms with E-state index in [-0.39, 0.29) is 11.9 Å². The molecule has 1 aliphatic rings. The largest absolute Gasteiger partial charge is 0.362 e. The Morgan fingerprint density at radius 3 is 2.86 bits per heavy atom. The molecule has 1 saturated heterocycles. The summed E-state index contributed by atoms with van der Waals surface area (Å²) in [5.41, 5.74) is 2.36. The number of aryl methyl sites for hydroxylation is 1. The molecule has 1 atom stereocenters. The minimum absolute atomic E-state index is 0.0309. The second kappa shape index (κ2) is 7.86. The molecule has 9 heteroatoms. The number of pyridine rings is 1. The van der Waals surface area contributed by atoms with E-state index in [0.29, 0.717) is 23.9 Å². The van der Waals surface area contributed by atoms with Crippen molar-refractivity contribution in [2.45, 2.75) is 12.5 Å². The van der Waals surface area contributed by atoms with E-state index in [2.05, 4.69) is 30.3 Å². The van der Waals surface area contributed by atoms with Crippen LogP contribution in [-0.4, -0.2) is 63.9 Å². The Morgan fingerprint density at radius 1 is 1.24 bits per heavy atom. The smallest absolute Gasteiger partial charge is 0.255 e. The molecule has 1 N–H and O–H groups in total. The van der Waals surface area contributed by atoms with Crippen molar-refractivity contribution >= 4 is 17.7 Å². The van der Waals surface area contributed by atoms with Gasteiger partial charge in [0.05, 0.1) is 17.5 Å². The van der Waals surface area contributed by atoms with E-state index < -0.39 is 0 Å². The van der Waals surface area contributed by atoms with E-state index in [9.17, 15) is 4.79 Å². The molecule has 9 nitrogen and oxygen atoms in total. The maximum Gasteiger partial charge on any atom is 0.255 e. The van der Waals surface area contributed by atoms with Gasteiger partial charge in [-0.1, -0.05) is 0 Å². The van der Waals surface area contributed by atoms with Crippen LogP contribution in [0.2, 0.25) is 0 Å². The molecule has 0 aromatic carbocycles. The highest BCUT2D eigenvalue weighted by molar-refractivity contribution is 5.99. The number of nitrogens with one attached hydrogen (secondary N) is 1. The number of amides is 1. The molecule has 150 valence electrons. The molecule has 3 aromatic rings. The van der Waals surface area contributed by atoms with Crippen LogP contribution in [-0.2, 0) is 7.05 Å². The summed E-state index contributed by atoms with van der Waals surface area (Å²) in [4.78, 5) is 30.1. The Balaban J connectivity index is 1.44. The fraction of sp³-hybridized carbons (Fsp3) is 0.350. The Kier molecular flexibility index (Phi) is 5.11. The van der Waals surface area contributed by atoms with Gasteiger partial charge in [-0.15, -0.1) is 0 Å². The Morgan fingerprint density at radius 2 is 2.10 bits per heavy atom. The molecule has 4 rings (SSSR count). The van der Waals surface area contributed by atoms with Gasteiger partial charge in [0.1, 0.15) is 5.82 Å². The first-order chi connectivity index (χ1) is 14.0. The van der Waals surface area contributed by atoms with Gasteiger partial charge in [-0.2, -0.15) is 5.10 Å². The fourth-order valence-electron chi connectivity index (χ4n) is 3.47. The molecule has 1 amide bonds. The Labute approximate surface area is 169 Å². The number of nitrogens with zero attached hydrogens (tertiary/aromatic N) is 7. The van der Waals surface area contributed by atoms with E-state index in [1.165, 1.54) is 0 Å². The molecule has 29 heavy (non-hydrogen) atoms. The van der Waals surface area contributed by atoms with Gasteiger partial charge in [0, 0.05) is 64.4 Å². The SMILES string of the molecule is CN(C)c1ncccc1C(=O)NC1CCN(c2nccc(-c3cnn(C)c3)n2)C1. The number of hydrogen-bond acceptors (Lipinski definition) is 7. The monoisotopic (exact) mass is 392 g/mol. The average molecular weight is 392 g/mol. The van der Waals surface area contributed by atoms with Gasteiger partial charge in [0.25, 0.3) is 5.91 Å². The topological polar surface area (TPSA) is 92.1 Å². The Hall–Kier alpha value is -3.49. The fourth-order valence-corrected chi connectivity index (χ4v) is 3.47. The third-order valence-electron chi connectivity index (χ3n) is 4.90. The highest BCUT2D eigenvalue weighted by Gasteiger charge is 2.27. The lowest BCUT2D eigenvalue weighted by Gasteiger charge is -2.19. The maximum absolute atomic E-state index is 12.8. The third-order valence-corrected chi connectivity index (χ3v) is 4.90. The molecular formula is C20H24N8O. The van der Waals surface area contributed by atoms with Crippen LogP contribution in [0.15, 0.2) is 43.0 Å². The van der Waals surface area contributed by atoms with Crippen LogP contribution in [0.5, 0.6) is 0 Å². The van der Waals surface area contributed by atoms with E-state index in [1.54, 1.807) is 35.4 Å². The van der Waals surface area contributed by atoms with Gasteiger partial charge in [-0.3, -0.25) is 9.48 Å². The van der Waals surface area contributed by atoms with E-state index in [0.717, 1.165) is 24.2 Å². The summed E-state index contributed by atoms with van der Waals surface area (Å²) in [7, 11) is 5.63. The molecule has 0 radical (unpaired) electrons. The highest BCUT2D eigenvalue weighted by Crippen LogP contribution is 2.22. The maximum atomic E-state index is 12.8. The lowest BCUT2D eigenvalue weighted by Crippen LogP contribution is -2.38. The van der Waals surface area contributed by atoms with E-state index in [4.69, 9.17) is 0 Å². The van der Waals surface area contributed by atoms with Gasteiger partial charge in [-0.05, 0) is 24.6 Å². The van der Waals surface area contributed by atoms with Crippen LogP contribution >= 0.6 is 0 Å². The second-order valence-electron chi connectivity index (χ2n) is 7.32. The Bertz CT molecular complexity index is 1010. The van der Waals surface area contributed by atoms with Crippen molar-refractivity contribution in [3.63, 3.8) is 0 Å². The zero-order chi connectivity index (χ0) is 20.4. The minimum Gasteiger partial charge on any atom is -0.362 e. The molecule has 1 unspecified atom stereocenters. The molecule has 3 aromatic heterocycles. The molecule has 1 fully saturated rings. The predicted molar refractivity (Wildman–Crippen MR) is 111 cm³/mol. The van der Waals surface area contributed by atoms with Crippen molar-refractivity contribution in [3.8, 4) is 11.3 Å². The average Bonchev–Trinajstić information content (AvgIpc) is 3.37. The lowest BCUT2D eigenvalue weighted by atomic mass is 10.2. The first kappa shape index (κ1) is 18.9. The highest BCUT2D eigenvalue weighted by atomic mass is 16.1. The summed E-state index contributed by atoms with van der Waals surface area (Å²) < 4.78 is 1.75. The summed E-state index contributed by atoms with van der Waals surface area (Å²) >= 11 is 0. The summed E-state index contributed by atoms with van der Waals surface area (Å²) in [5.74, 6) is 1.21. The van der Waals surface area contributed by atoms with Gasteiger partial charge in [0.15, 0.2) is 0 Å². The van der Waals surface area contributed by atoms with Crippen LogP contribution in [0.25, 0.3) is 11.3 Å². The second-order valence-corrected chi connectivity index (χ2v) is 7.32. The van der Waals surface area contributed by atoms with E-state index in [1.807, 2.05) is 38.3 Å². The van der Waals surface area contributed by atoms with Crippen molar-refractivity contribution in [2.24, 2.45) is 7.05 Å². The van der Waals surface area contributed by atoms with Gasteiger partial charge in [0.2, 0.25) is 5.95 Å². The summed E-state index contributed by atoms with van der Waals surface area (Å²) in [6, 6.07) is 5.48. The minimum atomic E-state index is -0.112. The predicted octanol–water partition coefficient (Wildman–Crippen LogP) is 1.35. The van der Waals surface area contributed by atoms with Gasteiger partial charge < -0.3 is 15.1 Å². The van der Waals surface area contributed by atoms with E-state index >= 15 is 0 Å². The van der Waals surface area contributed by atoms with Crippen LogP contribution in [0.4, 0.5) is 11.8 Å². The number of rotatable bonds is 5.